The second kappa shape index (κ2) is 4.03. The van der Waals surface area contributed by atoms with Gasteiger partial charge in [0.05, 0.1) is 0 Å². The van der Waals surface area contributed by atoms with Crippen molar-refractivity contribution in [2.75, 3.05) is 0 Å². The van der Waals surface area contributed by atoms with Crippen LogP contribution in [-0.2, 0) is 0 Å². The van der Waals surface area contributed by atoms with E-state index in [0.29, 0.717) is 6.42 Å². The molecule has 0 aromatic carbocycles. The summed E-state index contributed by atoms with van der Waals surface area (Å²) in [6.45, 7) is 3.38. The Kier molecular flexibility index (Phi) is 3.19. The van der Waals surface area contributed by atoms with Crippen molar-refractivity contribution in [1.29, 1.82) is 0 Å². The molecule has 3 heteroatoms. The number of allylic oxidation sites excluding steroid dienone is 6. The van der Waals surface area contributed by atoms with E-state index >= 15 is 0 Å². The Bertz CT molecular complexity index is 292. The Morgan fingerprint density at radius 2 is 1.93 bits per heavy atom. The first-order valence-electron chi connectivity index (χ1n) is 4.53. The quantitative estimate of drug-likeness (QED) is 0.556. The van der Waals surface area contributed by atoms with E-state index in [4.69, 9.17) is 0 Å². The lowest BCUT2D eigenvalue weighted by molar-refractivity contribution is -0.0982. The molecule has 0 saturated carbocycles. The summed E-state index contributed by atoms with van der Waals surface area (Å²) < 4.78 is 37.5. The van der Waals surface area contributed by atoms with Gasteiger partial charge >= 0.3 is 6.18 Å². The van der Waals surface area contributed by atoms with Crippen LogP contribution in [0.25, 0.3) is 0 Å². The molecule has 0 spiro atoms. The van der Waals surface area contributed by atoms with Gasteiger partial charge < -0.3 is 0 Å². The molecule has 0 aliphatic heterocycles. The summed E-state index contributed by atoms with van der Waals surface area (Å²) in [5.74, 6) is -0.462. The van der Waals surface area contributed by atoms with E-state index in [1.807, 2.05) is 6.08 Å². The number of rotatable bonds is 0. The average molecular weight is 202 g/mol. The first-order valence-corrected chi connectivity index (χ1v) is 4.53. The summed E-state index contributed by atoms with van der Waals surface area (Å²) in [5.41, 5.74) is 0.403. The lowest BCUT2D eigenvalue weighted by Crippen LogP contribution is -2.18. The zero-order chi connectivity index (χ0) is 10.8. The zero-order valence-corrected chi connectivity index (χ0v) is 8.23. The largest absolute Gasteiger partial charge is 0.412 e. The normalized spacial score (nSPS) is 23.6. The second-order valence-electron chi connectivity index (χ2n) is 3.57. The van der Waals surface area contributed by atoms with Crippen molar-refractivity contribution in [3.63, 3.8) is 0 Å². The molecule has 1 rings (SSSR count). The minimum absolute atomic E-state index is 0.441. The van der Waals surface area contributed by atoms with E-state index in [2.05, 4.69) is 0 Å². The van der Waals surface area contributed by atoms with Crippen LogP contribution in [-0.4, -0.2) is 6.18 Å². The molecule has 78 valence electrons. The molecule has 0 nitrogen and oxygen atoms in total. The topological polar surface area (TPSA) is 0 Å². The van der Waals surface area contributed by atoms with Crippen molar-refractivity contribution < 1.29 is 13.2 Å². The molecule has 1 aliphatic carbocycles. The fraction of sp³-hybridized carbons (Fsp3) is 0.455. The third-order valence-electron chi connectivity index (χ3n) is 2.25. The fourth-order valence-electron chi connectivity index (χ4n) is 1.40. The van der Waals surface area contributed by atoms with Crippen molar-refractivity contribution in [2.24, 2.45) is 5.92 Å². The van der Waals surface area contributed by atoms with Gasteiger partial charge in [0.25, 0.3) is 0 Å². The Morgan fingerprint density at radius 1 is 1.29 bits per heavy atom. The lowest BCUT2D eigenvalue weighted by atomic mass is 9.94. The van der Waals surface area contributed by atoms with Gasteiger partial charge in [-0.2, -0.15) is 13.2 Å². The Labute approximate surface area is 81.8 Å². The van der Waals surface area contributed by atoms with Gasteiger partial charge in [-0.15, -0.1) is 0 Å². The molecule has 0 N–H and O–H groups in total. The highest BCUT2D eigenvalue weighted by atomic mass is 19.4. The summed E-state index contributed by atoms with van der Waals surface area (Å²) in [7, 11) is 0. The molecule has 0 radical (unpaired) electrons. The Morgan fingerprint density at radius 3 is 2.50 bits per heavy atom. The molecule has 1 unspecified atom stereocenters. The van der Waals surface area contributed by atoms with E-state index in [0.717, 1.165) is 5.57 Å². The first-order chi connectivity index (χ1) is 6.41. The first kappa shape index (κ1) is 11.1. The molecule has 14 heavy (non-hydrogen) atoms. The van der Waals surface area contributed by atoms with Gasteiger partial charge in [-0.25, -0.2) is 0 Å². The predicted octanol–water partition coefficient (Wildman–Crippen LogP) is 4.02. The highest BCUT2D eigenvalue weighted by Gasteiger charge is 2.36. The van der Waals surface area contributed by atoms with E-state index < -0.39 is 17.7 Å². The highest BCUT2D eigenvalue weighted by molar-refractivity contribution is 5.29. The van der Waals surface area contributed by atoms with E-state index in [9.17, 15) is 13.2 Å². The van der Waals surface area contributed by atoms with Crippen LogP contribution < -0.4 is 0 Å². The highest BCUT2D eigenvalue weighted by Crippen LogP contribution is 2.34. The summed E-state index contributed by atoms with van der Waals surface area (Å²) in [5, 5.41) is 0. The molecule has 0 fully saturated rings. The zero-order valence-electron chi connectivity index (χ0n) is 8.23. The maximum absolute atomic E-state index is 12.5. The average Bonchev–Trinajstić information content (AvgIpc) is 1.98. The van der Waals surface area contributed by atoms with Crippen molar-refractivity contribution in [3.8, 4) is 0 Å². The Balaban J connectivity index is 3.03. The molecule has 0 saturated heterocycles. The van der Waals surface area contributed by atoms with Crippen molar-refractivity contribution in [3.05, 3.63) is 35.5 Å². The predicted molar refractivity (Wildman–Crippen MR) is 50.8 cm³/mol. The van der Waals surface area contributed by atoms with Crippen molar-refractivity contribution in [1.82, 2.24) is 0 Å². The molecule has 0 bridgehead atoms. The molecular formula is C11H13F3. The van der Waals surface area contributed by atoms with E-state index in [1.165, 1.54) is 12.2 Å². The van der Waals surface area contributed by atoms with Gasteiger partial charge in [-0.1, -0.05) is 36.8 Å². The number of alkyl halides is 3. The van der Waals surface area contributed by atoms with Crippen LogP contribution >= 0.6 is 0 Å². The van der Waals surface area contributed by atoms with Gasteiger partial charge in [-0.05, 0) is 19.3 Å². The second-order valence-corrected chi connectivity index (χ2v) is 3.57. The van der Waals surface area contributed by atoms with Gasteiger partial charge in [0, 0.05) is 5.57 Å². The minimum Gasteiger partial charge on any atom is -0.166 e. The number of halogens is 3. The van der Waals surface area contributed by atoms with Crippen LogP contribution in [0.15, 0.2) is 35.5 Å². The van der Waals surface area contributed by atoms with E-state index in [-0.39, 0.29) is 0 Å². The SMILES string of the molecule is CC1=CC=C(C(F)(F)F)C(C)CC=C1. The monoisotopic (exact) mass is 202 g/mol. The fourth-order valence-corrected chi connectivity index (χ4v) is 1.40. The van der Waals surface area contributed by atoms with Gasteiger partial charge in [-0.3, -0.25) is 0 Å². The third-order valence-corrected chi connectivity index (χ3v) is 2.25. The smallest absolute Gasteiger partial charge is 0.166 e. The van der Waals surface area contributed by atoms with Gasteiger partial charge in [0.15, 0.2) is 0 Å². The van der Waals surface area contributed by atoms with Crippen LogP contribution in [0.4, 0.5) is 13.2 Å². The summed E-state index contributed by atoms with van der Waals surface area (Å²) >= 11 is 0. The molecule has 1 aliphatic rings. The molecular weight excluding hydrogens is 189 g/mol. The molecule has 1 atom stereocenters. The molecule has 0 aromatic heterocycles. The van der Waals surface area contributed by atoms with Gasteiger partial charge in [0.1, 0.15) is 0 Å². The van der Waals surface area contributed by atoms with Crippen molar-refractivity contribution in [2.45, 2.75) is 26.4 Å². The number of hydrogen-bond donors (Lipinski definition) is 0. The molecule has 0 amide bonds. The maximum Gasteiger partial charge on any atom is 0.412 e. The number of hydrogen-bond acceptors (Lipinski definition) is 0. The lowest BCUT2D eigenvalue weighted by Gasteiger charge is -2.18. The Hall–Kier alpha value is -0.990. The van der Waals surface area contributed by atoms with Crippen molar-refractivity contribution >= 4 is 0 Å². The summed E-state index contributed by atoms with van der Waals surface area (Å²) in [6.07, 6.45) is 2.56. The molecule has 0 heterocycles. The van der Waals surface area contributed by atoms with Crippen LogP contribution in [0.3, 0.4) is 0 Å². The van der Waals surface area contributed by atoms with Crippen LogP contribution in [0.2, 0.25) is 0 Å². The maximum atomic E-state index is 12.5. The third kappa shape index (κ3) is 2.76. The summed E-state index contributed by atoms with van der Waals surface area (Å²) in [4.78, 5) is 0. The van der Waals surface area contributed by atoms with Crippen LogP contribution in [0, 0.1) is 5.92 Å². The minimum atomic E-state index is -4.21. The van der Waals surface area contributed by atoms with Crippen LogP contribution in [0.1, 0.15) is 20.3 Å². The van der Waals surface area contributed by atoms with Gasteiger partial charge in [0.2, 0.25) is 0 Å². The summed E-state index contributed by atoms with van der Waals surface area (Å²) in [6, 6.07) is 0. The molecule has 0 aromatic rings. The standard InChI is InChI=1S/C11H13F3/c1-8-4-3-5-9(2)10(7-6-8)11(12,13)14/h3-4,6-7,9H,5H2,1-2H3. The van der Waals surface area contributed by atoms with Crippen LogP contribution in [0.5, 0.6) is 0 Å². The van der Waals surface area contributed by atoms with E-state index in [1.54, 1.807) is 19.9 Å².